The van der Waals surface area contributed by atoms with Gasteiger partial charge in [-0.3, -0.25) is 9.59 Å². The van der Waals surface area contributed by atoms with Crippen LogP contribution < -0.4 is 0 Å². The summed E-state index contributed by atoms with van der Waals surface area (Å²) in [4.78, 5) is 21.2. The van der Waals surface area contributed by atoms with Crippen LogP contribution in [0.1, 0.15) is 11.1 Å². The molecule has 0 atom stereocenters. The lowest BCUT2D eigenvalue weighted by Gasteiger charge is -2.11. The van der Waals surface area contributed by atoms with Crippen molar-refractivity contribution < 1.29 is 37.4 Å². The molecule has 0 unspecified atom stereocenters. The van der Waals surface area contributed by atoms with Gasteiger partial charge in [-0.2, -0.15) is 13.2 Å². The summed E-state index contributed by atoms with van der Waals surface area (Å²) in [6.45, 7) is 0. The van der Waals surface area contributed by atoms with Crippen LogP contribution >= 0.6 is 0 Å². The minimum atomic E-state index is -4.86. The van der Waals surface area contributed by atoms with Gasteiger partial charge < -0.3 is 10.2 Å². The molecule has 0 aliphatic heterocycles. The lowest BCUT2D eigenvalue weighted by molar-refractivity contribution is -0.154. The van der Waals surface area contributed by atoms with E-state index in [1.807, 2.05) is 0 Å². The number of hydrogen-bond donors (Lipinski definition) is 2. The second-order valence-corrected chi connectivity index (χ2v) is 3.75. The second kappa shape index (κ2) is 5.25. The Morgan fingerprint density at radius 1 is 1.16 bits per heavy atom. The lowest BCUT2D eigenvalue weighted by atomic mass is 9.98. The minimum Gasteiger partial charge on any atom is -0.481 e. The Bertz CT molecular complexity index is 496. The van der Waals surface area contributed by atoms with E-state index in [0.29, 0.717) is 12.1 Å². The Morgan fingerprint density at radius 3 is 2.05 bits per heavy atom. The van der Waals surface area contributed by atoms with E-state index in [9.17, 15) is 27.2 Å². The van der Waals surface area contributed by atoms with Crippen molar-refractivity contribution >= 4 is 11.9 Å². The average Bonchev–Trinajstić information content (AvgIpc) is 2.23. The summed E-state index contributed by atoms with van der Waals surface area (Å²) in [6.07, 6.45) is -5.46. The van der Waals surface area contributed by atoms with E-state index in [-0.39, 0.29) is 5.56 Å². The van der Waals surface area contributed by atoms with Gasteiger partial charge in [0.1, 0.15) is 5.82 Å². The van der Waals surface area contributed by atoms with Crippen LogP contribution in [0.4, 0.5) is 17.6 Å². The third kappa shape index (κ3) is 3.67. The molecule has 0 aromatic heterocycles. The fourth-order valence-corrected chi connectivity index (χ4v) is 1.43. The molecule has 1 rings (SSSR count). The number of alkyl halides is 3. The van der Waals surface area contributed by atoms with Crippen molar-refractivity contribution in [3.63, 3.8) is 0 Å². The molecule has 0 heterocycles. The summed E-state index contributed by atoms with van der Waals surface area (Å²) in [5.74, 6) is -6.70. The lowest BCUT2D eigenvalue weighted by Crippen LogP contribution is -2.25. The third-order valence-electron chi connectivity index (χ3n) is 2.37. The van der Waals surface area contributed by atoms with Crippen molar-refractivity contribution in [1.29, 1.82) is 0 Å². The van der Waals surface area contributed by atoms with Gasteiger partial charge in [-0.05, 0) is 24.1 Å². The van der Waals surface area contributed by atoms with Crippen LogP contribution in [0, 0.1) is 11.7 Å². The molecule has 0 saturated heterocycles. The number of halogens is 4. The first-order valence-electron chi connectivity index (χ1n) is 4.94. The highest BCUT2D eigenvalue weighted by molar-refractivity contribution is 5.93. The van der Waals surface area contributed by atoms with Crippen LogP contribution in [-0.2, 0) is 22.2 Å². The Balaban J connectivity index is 3.02. The van der Waals surface area contributed by atoms with Gasteiger partial charge in [-0.1, -0.05) is 6.07 Å². The van der Waals surface area contributed by atoms with E-state index in [4.69, 9.17) is 10.2 Å². The summed E-state index contributed by atoms with van der Waals surface area (Å²) >= 11 is 0. The molecule has 0 fully saturated rings. The van der Waals surface area contributed by atoms with E-state index in [1.54, 1.807) is 0 Å². The number of aliphatic carboxylic acids is 2. The minimum absolute atomic E-state index is 0.139. The molecular weight excluding hydrogens is 272 g/mol. The first-order chi connectivity index (χ1) is 8.62. The number of carboxylic acid groups (broad SMARTS) is 2. The molecule has 1 aromatic carbocycles. The van der Waals surface area contributed by atoms with Gasteiger partial charge in [0.2, 0.25) is 0 Å². The molecule has 8 heteroatoms. The Morgan fingerprint density at radius 2 is 1.68 bits per heavy atom. The quantitative estimate of drug-likeness (QED) is 0.654. The highest BCUT2D eigenvalue weighted by atomic mass is 19.4. The van der Waals surface area contributed by atoms with Crippen molar-refractivity contribution in [3.05, 3.63) is 35.1 Å². The average molecular weight is 280 g/mol. The first kappa shape index (κ1) is 14.9. The molecule has 104 valence electrons. The maximum atomic E-state index is 13.2. The maximum absolute atomic E-state index is 13.2. The van der Waals surface area contributed by atoms with E-state index in [0.717, 1.165) is 6.07 Å². The number of carboxylic acids is 2. The van der Waals surface area contributed by atoms with Crippen molar-refractivity contribution in [2.75, 3.05) is 0 Å². The van der Waals surface area contributed by atoms with Crippen LogP contribution in [0.15, 0.2) is 18.2 Å². The van der Waals surface area contributed by atoms with Gasteiger partial charge in [-0.25, -0.2) is 4.39 Å². The van der Waals surface area contributed by atoms with Crippen LogP contribution in [0.5, 0.6) is 0 Å². The number of rotatable bonds is 4. The molecule has 19 heavy (non-hydrogen) atoms. The molecule has 0 saturated carbocycles. The predicted molar refractivity (Wildman–Crippen MR) is 53.9 cm³/mol. The Kier molecular flexibility index (Phi) is 4.13. The van der Waals surface area contributed by atoms with Crippen LogP contribution in [-0.4, -0.2) is 22.2 Å². The van der Waals surface area contributed by atoms with Crippen molar-refractivity contribution in [2.24, 2.45) is 5.92 Å². The molecule has 0 spiro atoms. The van der Waals surface area contributed by atoms with Crippen molar-refractivity contribution in [1.82, 2.24) is 0 Å². The largest absolute Gasteiger partial charge is 0.481 e. The van der Waals surface area contributed by atoms with Crippen LogP contribution in [0.3, 0.4) is 0 Å². The van der Waals surface area contributed by atoms with E-state index >= 15 is 0 Å². The monoisotopic (exact) mass is 280 g/mol. The predicted octanol–water partition coefficient (Wildman–Crippen LogP) is 2.17. The molecular formula is C11H8F4O4. The van der Waals surface area contributed by atoms with Crippen LogP contribution in [0.2, 0.25) is 0 Å². The summed E-state index contributed by atoms with van der Waals surface area (Å²) in [6, 6.07) is 1.79. The third-order valence-corrected chi connectivity index (χ3v) is 2.37. The normalized spacial score (nSPS) is 11.6. The Labute approximate surface area is 104 Å². The summed E-state index contributed by atoms with van der Waals surface area (Å²) in [7, 11) is 0. The number of carbonyl (C=O) groups is 2. The van der Waals surface area contributed by atoms with Gasteiger partial charge in [-0.15, -0.1) is 0 Å². The summed E-state index contributed by atoms with van der Waals surface area (Å²) in [5, 5.41) is 17.2. The van der Waals surface area contributed by atoms with Gasteiger partial charge >= 0.3 is 18.1 Å². The molecule has 0 radical (unpaired) electrons. The SMILES string of the molecule is O=C(O)C(Cc1ccc(C(F)(F)F)c(F)c1)C(=O)O. The zero-order valence-corrected chi connectivity index (χ0v) is 9.24. The maximum Gasteiger partial charge on any atom is 0.419 e. The number of benzene rings is 1. The van der Waals surface area contributed by atoms with Gasteiger partial charge in [0.25, 0.3) is 0 Å². The fraction of sp³-hybridized carbons (Fsp3) is 0.273. The smallest absolute Gasteiger partial charge is 0.419 e. The highest BCUT2D eigenvalue weighted by Gasteiger charge is 2.34. The van der Waals surface area contributed by atoms with E-state index in [1.165, 1.54) is 0 Å². The Hall–Kier alpha value is -2.12. The van der Waals surface area contributed by atoms with Crippen molar-refractivity contribution in [2.45, 2.75) is 12.6 Å². The zero-order chi connectivity index (χ0) is 14.8. The number of hydrogen-bond acceptors (Lipinski definition) is 2. The van der Waals surface area contributed by atoms with Crippen LogP contribution in [0.25, 0.3) is 0 Å². The topological polar surface area (TPSA) is 74.6 Å². The summed E-state index contributed by atoms with van der Waals surface area (Å²) < 4.78 is 50.0. The van der Waals surface area contributed by atoms with Gasteiger partial charge in [0.15, 0.2) is 5.92 Å². The summed E-state index contributed by atoms with van der Waals surface area (Å²) in [5.41, 5.74) is -1.63. The molecule has 0 aliphatic rings. The van der Waals surface area contributed by atoms with E-state index < -0.39 is 41.8 Å². The molecule has 0 aliphatic carbocycles. The van der Waals surface area contributed by atoms with Gasteiger partial charge in [0, 0.05) is 0 Å². The molecule has 1 aromatic rings. The molecule has 4 nitrogen and oxygen atoms in total. The first-order valence-corrected chi connectivity index (χ1v) is 4.94. The van der Waals surface area contributed by atoms with Crippen molar-refractivity contribution in [3.8, 4) is 0 Å². The molecule has 2 N–H and O–H groups in total. The standard InChI is InChI=1S/C11H8F4O4/c12-8-4-5(1-2-7(8)11(13,14)15)3-6(9(16)17)10(18)19/h1-2,4,6H,3H2,(H,16,17)(H,18,19). The molecule has 0 bridgehead atoms. The zero-order valence-electron chi connectivity index (χ0n) is 9.24. The van der Waals surface area contributed by atoms with E-state index in [2.05, 4.69) is 0 Å². The second-order valence-electron chi connectivity index (χ2n) is 3.75. The highest BCUT2D eigenvalue weighted by Crippen LogP contribution is 2.31. The molecule has 0 amide bonds. The fourth-order valence-electron chi connectivity index (χ4n) is 1.43. The van der Waals surface area contributed by atoms with Gasteiger partial charge in [0.05, 0.1) is 5.56 Å².